The van der Waals surface area contributed by atoms with Gasteiger partial charge in [-0.1, -0.05) is 23.2 Å². The molecule has 0 spiro atoms. The van der Waals surface area contributed by atoms with Gasteiger partial charge in [-0.25, -0.2) is 9.97 Å². The monoisotopic (exact) mass is 369 g/mol. The average Bonchev–Trinajstić information content (AvgIpc) is 3.08. The molecule has 0 radical (unpaired) electrons. The van der Waals surface area contributed by atoms with Crippen molar-refractivity contribution in [3.05, 3.63) is 34.6 Å². The highest BCUT2D eigenvalue weighted by Crippen LogP contribution is 2.33. The van der Waals surface area contributed by atoms with E-state index in [0.29, 0.717) is 26.7 Å². The normalized spacial score (nSPS) is 27.4. The molecule has 1 unspecified atom stereocenters. The lowest BCUT2D eigenvalue weighted by molar-refractivity contribution is -0.0510. The summed E-state index contributed by atoms with van der Waals surface area (Å²) in [4.78, 5) is 8.78. The fourth-order valence-electron chi connectivity index (χ4n) is 2.91. The van der Waals surface area contributed by atoms with Gasteiger partial charge in [0.25, 0.3) is 0 Å². The second kappa shape index (κ2) is 5.80. The number of aliphatic hydroxyl groups excluding tert-OH is 3. The number of halogens is 2. The van der Waals surface area contributed by atoms with E-state index in [1.165, 1.54) is 10.9 Å². The predicted molar refractivity (Wildman–Crippen MR) is 88.1 cm³/mol. The molecule has 2 aromatic heterocycles. The Morgan fingerprint density at radius 3 is 2.54 bits per heavy atom. The minimum absolute atomic E-state index is 0.384. The molecular weight excluding hydrogens is 357 g/mol. The molecule has 3 heterocycles. The van der Waals surface area contributed by atoms with Crippen LogP contribution < -0.4 is 0 Å². The van der Waals surface area contributed by atoms with Crippen molar-refractivity contribution in [2.24, 2.45) is 0 Å². The summed E-state index contributed by atoms with van der Waals surface area (Å²) < 4.78 is 7.06. The van der Waals surface area contributed by atoms with E-state index < -0.39 is 31.1 Å². The zero-order valence-corrected chi connectivity index (χ0v) is 13.7. The van der Waals surface area contributed by atoms with Crippen LogP contribution in [0.1, 0.15) is 6.23 Å². The largest absolute Gasteiger partial charge is 0.394 e. The summed E-state index contributed by atoms with van der Waals surface area (Å²) in [6, 6.07) is 5.15. The number of imidazole rings is 1. The molecule has 126 valence electrons. The van der Waals surface area contributed by atoms with Gasteiger partial charge in [0.05, 0.1) is 28.5 Å². The first-order valence-corrected chi connectivity index (χ1v) is 8.00. The third kappa shape index (κ3) is 2.36. The van der Waals surface area contributed by atoms with Gasteiger partial charge in [0.2, 0.25) is 0 Å². The number of benzene rings is 1. The molecule has 3 aromatic rings. The molecule has 4 atom stereocenters. The fraction of sp³-hybridized carbons (Fsp3) is 0.333. The topological polar surface area (TPSA) is 101 Å². The summed E-state index contributed by atoms with van der Waals surface area (Å²) in [5.74, 6) is 0. The van der Waals surface area contributed by atoms with Crippen LogP contribution in [-0.2, 0) is 4.74 Å². The Morgan fingerprint density at radius 2 is 1.83 bits per heavy atom. The number of hydrogen-bond donors (Lipinski definition) is 3. The Labute approximate surface area is 146 Å². The van der Waals surface area contributed by atoms with Gasteiger partial charge in [0.1, 0.15) is 23.8 Å². The summed E-state index contributed by atoms with van der Waals surface area (Å²) in [7, 11) is 0. The van der Waals surface area contributed by atoms with Crippen LogP contribution in [0.5, 0.6) is 0 Å². The van der Waals surface area contributed by atoms with Crippen LogP contribution in [0.25, 0.3) is 22.1 Å². The summed E-state index contributed by atoms with van der Waals surface area (Å²) in [6.45, 7) is -0.397. The van der Waals surface area contributed by atoms with E-state index in [2.05, 4.69) is 9.97 Å². The van der Waals surface area contributed by atoms with Crippen LogP contribution >= 0.6 is 23.2 Å². The van der Waals surface area contributed by atoms with Crippen molar-refractivity contribution in [1.29, 1.82) is 0 Å². The molecule has 0 aliphatic carbocycles. The summed E-state index contributed by atoms with van der Waals surface area (Å²) in [5.41, 5.74) is 1.67. The highest BCUT2D eigenvalue weighted by Gasteiger charge is 2.43. The van der Waals surface area contributed by atoms with Crippen LogP contribution in [0, 0.1) is 0 Å². The summed E-state index contributed by atoms with van der Waals surface area (Å²) in [5, 5.41) is 30.9. The van der Waals surface area contributed by atoms with Gasteiger partial charge in [0, 0.05) is 5.39 Å². The first kappa shape index (κ1) is 16.0. The molecule has 24 heavy (non-hydrogen) atoms. The molecule has 1 saturated heterocycles. The lowest BCUT2D eigenvalue weighted by atomic mass is 10.1. The maximum absolute atomic E-state index is 10.2. The van der Waals surface area contributed by atoms with Gasteiger partial charge in [0.15, 0.2) is 11.9 Å². The number of aromatic nitrogens is 3. The number of nitrogens with zero attached hydrogens (tertiary/aromatic N) is 3. The van der Waals surface area contributed by atoms with Crippen molar-refractivity contribution in [1.82, 2.24) is 14.5 Å². The maximum Gasteiger partial charge on any atom is 0.165 e. The van der Waals surface area contributed by atoms with Gasteiger partial charge in [-0.05, 0) is 18.2 Å². The molecule has 1 aliphatic rings. The summed E-state index contributed by atoms with van der Waals surface area (Å²) >= 11 is 12.1. The van der Waals surface area contributed by atoms with E-state index in [1.54, 1.807) is 18.2 Å². The van der Waals surface area contributed by atoms with Crippen molar-refractivity contribution >= 4 is 45.3 Å². The maximum atomic E-state index is 10.2. The first-order chi connectivity index (χ1) is 11.5. The van der Waals surface area contributed by atoms with Crippen molar-refractivity contribution < 1.29 is 20.1 Å². The molecule has 0 amide bonds. The quantitative estimate of drug-likeness (QED) is 0.632. The fourth-order valence-corrected chi connectivity index (χ4v) is 3.24. The zero-order valence-electron chi connectivity index (χ0n) is 12.2. The van der Waals surface area contributed by atoms with E-state index >= 15 is 0 Å². The molecule has 1 fully saturated rings. The van der Waals surface area contributed by atoms with E-state index in [9.17, 15) is 15.3 Å². The number of rotatable bonds is 2. The molecule has 1 aromatic carbocycles. The lowest BCUT2D eigenvalue weighted by Gasteiger charge is -2.16. The SMILES string of the molecule is OC[C@H]1OC(n2cnc3cc4cc(Cl)c(Cl)cc4nc32)[C@H](O)[C@@H]1O. The molecule has 0 saturated carbocycles. The van der Waals surface area contributed by atoms with Crippen molar-refractivity contribution in [3.8, 4) is 0 Å². The van der Waals surface area contributed by atoms with Crippen LogP contribution in [0.4, 0.5) is 0 Å². The zero-order chi connectivity index (χ0) is 17.0. The number of hydrogen-bond acceptors (Lipinski definition) is 6. The van der Waals surface area contributed by atoms with E-state index in [0.717, 1.165) is 5.39 Å². The molecule has 0 bridgehead atoms. The van der Waals surface area contributed by atoms with E-state index in [-0.39, 0.29) is 0 Å². The van der Waals surface area contributed by atoms with Crippen LogP contribution in [0.2, 0.25) is 10.0 Å². The van der Waals surface area contributed by atoms with Crippen LogP contribution in [0.3, 0.4) is 0 Å². The highest BCUT2D eigenvalue weighted by molar-refractivity contribution is 6.42. The van der Waals surface area contributed by atoms with Gasteiger partial charge < -0.3 is 20.1 Å². The minimum Gasteiger partial charge on any atom is -0.394 e. The van der Waals surface area contributed by atoms with Crippen LogP contribution in [0.15, 0.2) is 24.5 Å². The Kier molecular flexibility index (Phi) is 3.87. The molecule has 4 rings (SSSR count). The lowest BCUT2D eigenvalue weighted by Crippen LogP contribution is -2.33. The number of ether oxygens (including phenoxy) is 1. The van der Waals surface area contributed by atoms with Gasteiger partial charge >= 0.3 is 0 Å². The van der Waals surface area contributed by atoms with E-state index in [4.69, 9.17) is 27.9 Å². The summed E-state index contributed by atoms with van der Waals surface area (Å²) in [6.07, 6.45) is -2.68. The Balaban J connectivity index is 1.85. The third-order valence-corrected chi connectivity index (χ3v) is 4.90. The van der Waals surface area contributed by atoms with Crippen molar-refractivity contribution in [2.45, 2.75) is 24.5 Å². The Hall–Kier alpha value is -1.48. The minimum atomic E-state index is -1.20. The van der Waals surface area contributed by atoms with E-state index in [1.807, 2.05) is 0 Å². The first-order valence-electron chi connectivity index (χ1n) is 7.24. The smallest absolute Gasteiger partial charge is 0.165 e. The molecule has 7 nitrogen and oxygen atoms in total. The van der Waals surface area contributed by atoms with Crippen LogP contribution in [-0.4, -0.2) is 54.8 Å². The second-order valence-electron chi connectivity index (χ2n) is 5.67. The Morgan fingerprint density at radius 1 is 1.08 bits per heavy atom. The molecule has 3 N–H and O–H groups in total. The predicted octanol–water partition coefficient (Wildman–Crippen LogP) is 1.50. The highest BCUT2D eigenvalue weighted by atomic mass is 35.5. The number of fused-ring (bicyclic) bond motifs is 2. The van der Waals surface area contributed by atoms with Gasteiger partial charge in [-0.15, -0.1) is 0 Å². The Bertz CT molecular complexity index is 932. The second-order valence-corrected chi connectivity index (χ2v) is 6.49. The third-order valence-electron chi connectivity index (χ3n) is 4.17. The molecule has 1 aliphatic heterocycles. The average molecular weight is 370 g/mol. The number of pyridine rings is 1. The van der Waals surface area contributed by atoms with Gasteiger partial charge in [-0.3, -0.25) is 4.57 Å². The van der Waals surface area contributed by atoms with Gasteiger partial charge in [-0.2, -0.15) is 0 Å². The van der Waals surface area contributed by atoms with Crippen molar-refractivity contribution in [3.63, 3.8) is 0 Å². The molecular formula is C15H13Cl2N3O4. The number of aliphatic hydroxyl groups is 3. The molecule has 9 heteroatoms. The van der Waals surface area contributed by atoms with Crippen molar-refractivity contribution in [2.75, 3.05) is 6.61 Å². The standard InChI is InChI=1S/C15H13Cl2N3O4/c16-7-1-6-2-10-14(19-9(6)3-8(7)17)20(5-18-10)15-13(23)12(22)11(4-21)24-15/h1-3,5,11-13,15,21-23H,4H2/t11-,12-,13-,15?/m1/s1.